The Morgan fingerprint density at radius 2 is 1.79 bits per heavy atom. The van der Waals surface area contributed by atoms with Gasteiger partial charge in [0.05, 0.1) is 0 Å². The number of fused-ring (bicyclic) bond motifs is 1. The summed E-state index contributed by atoms with van der Waals surface area (Å²) in [6.45, 7) is 2.02. The predicted molar refractivity (Wildman–Crippen MR) is 111 cm³/mol. The zero-order valence-electron chi connectivity index (χ0n) is 15.5. The van der Waals surface area contributed by atoms with E-state index in [0.717, 1.165) is 21.7 Å². The molecule has 3 heterocycles. The zero-order valence-corrected chi connectivity index (χ0v) is 16.3. The molecule has 0 aliphatic rings. The summed E-state index contributed by atoms with van der Waals surface area (Å²) in [7, 11) is 0. The van der Waals surface area contributed by atoms with E-state index in [4.69, 9.17) is 5.10 Å². The Labute approximate surface area is 170 Å². The predicted octanol–water partition coefficient (Wildman–Crippen LogP) is 5.21. The van der Waals surface area contributed by atoms with Crippen LogP contribution >= 0.6 is 11.3 Å². The number of aromatic nitrogens is 5. The third-order valence-electron chi connectivity index (χ3n) is 4.87. The fourth-order valence-corrected chi connectivity index (χ4v) is 4.19. The maximum Gasteiger partial charge on any atom is 0.234 e. The first-order chi connectivity index (χ1) is 14.2. The van der Waals surface area contributed by atoms with Crippen LogP contribution in [0.25, 0.3) is 27.5 Å². The molecule has 5 aromatic rings. The maximum absolute atomic E-state index is 14.8. The van der Waals surface area contributed by atoms with Gasteiger partial charge in [-0.1, -0.05) is 60.7 Å². The van der Waals surface area contributed by atoms with Gasteiger partial charge in [0.2, 0.25) is 4.96 Å². The topological polar surface area (TPSA) is 56.0 Å². The summed E-state index contributed by atoms with van der Waals surface area (Å²) < 4.78 is 16.5. The van der Waals surface area contributed by atoms with Crippen LogP contribution in [-0.2, 0) is 0 Å². The molecule has 5 rings (SSSR count). The largest absolute Gasteiger partial charge is 0.264 e. The first-order valence-electron chi connectivity index (χ1n) is 9.18. The van der Waals surface area contributed by atoms with Crippen LogP contribution in [0.15, 0.2) is 73.1 Å². The Hall–Kier alpha value is -3.45. The number of pyridine rings is 1. The number of nitrogens with zero attached hydrogens (tertiary/aromatic N) is 5. The molecule has 0 unspecified atom stereocenters. The minimum Gasteiger partial charge on any atom is -0.264 e. The summed E-state index contributed by atoms with van der Waals surface area (Å²) in [5, 5.41) is 14.0. The lowest BCUT2D eigenvalue weighted by Gasteiger charge is -2.11. The van der Waals surface area contributed by atoms with E-state index in [1.165, 1.54) is 11.3 Å². The molecular weight excluding hydrogens is 385 g/mol. The fraction of sp³-hybridized carbons (Fsp3) is 0.0909. The highest BCUT2D eigenvalue weighted by Gasteiger charge is 2.19. The summed E-state index contributed by atoms with van der Waals surface area (Å²) in [5.74, 6) is 0.343. The lowest BCUT2D eigenvalue weighted by Crippen LogP contribution is -1.99. The van der Waals surface area contributed by atoms with Gasteiger partial charge in [-0.25, -0.2) is 4.39 Å². The molecule has 0 bridgehead atoms. The van der Waals surface area contributed by atoms with Crippen LogP contribution < -0.4 is 0 Å². The Morgan fingerprint density at radius 1 is 0.966 bits per heavy atom. The Morgan fingerprint density at radius 3 is 2.55 bits per heavy atom. The average Bonchev–Trinajstić information content (AvgIpc) is 3.35. The SMILES string of the molecule is C[C@H](c1ccc(-c2ccccc2)c(F)c1)c1nn2c(-c3cccnc3)nnc2s1. The molecule has 2 aromatic carbocycles. The van der Waals surface area contributed by atoms with Gasteiger partial charge in [0.25, 0.3) is 0 Å². The standard InChI is InChI=1S/C22H16FN5S/c1-14(16-9-10-18(19(23)12-16)15-6-3-2-4-7-15)21-27-28-20(25-26-22(28)29-21)17-8-5-11-24-13-17/h2-14H,1H3/t14-/m1/s1. The number of hydrogen-bond acceptors (Lipinski definition) is 5. The molecular formula is C22H16FN5S. The van der Waals surface area contributed by atoms with Gasteiger partial charge in [-0.05, 0) is 29.3 Å². The van der Waals surface area contributed by atoms with E-state index < -0.39 is 0 Å². The first kappa shape index (κ1) is 17.6. The highest BCUT2D eigenvalue weighted by molar-refractivity contribution is 7.16. The minimum absolute atomic E-state index is 0.0669. The van der Waals surface area contributed by atoms with Crippen LogP contribution in [0.1, 0.15) is 23.4 Å². The zero-order chi connectivity index (χ0) is 19.8. The van der Waals surface area contributed by atoms with Crippen molar-refractivity contribution in [1.82, 2.24) is 24.8 Å². The first-order valence-corrected chi connectivity index (χ1v) is 10.00. The molecule has 7 heteroatoms. The van der Waals surface area contributed by atoms with Crippen molar-refractivity contribution in [2.45, 2.75) is 12.8 Å². The van der Waals surface area contributed by atoms with Gasteiger partial charge in [0, 0.05) is 29.4 Å². The van der Waals surface area contributed by atoms with Gasteiger partial charge in [0.1, 0.15) is 10.8 Å². The molecule has 5 nitrogen and oxygen atoms in total. The van der Waals surface area contributed by atoms with Crippen molar-refractivity contribution in [3.63, 3.8) is 0 Å². The highest BCUT2D eigenvalue weighted by Crippen LogP contribution is 2.32. The average molecular weight is 401 g/mol. The molecule has 1 atom stereocenters. The van der Waals surface area contributed by atoms with Crippen LogP contribution in [0.5, 0.6) is 0 Å². The van der Waals surface area contributed by atoms with Gasteiger partial charge in [-0.3, -0.25) is 4.98 Å². The van der Waals surface area contributed by atoms with Gasteiger partial charge in [0.15, 0.2) is 5.82 Å². The van der Waals surface area contributed by atoms with Crippen molar-refractivity contribution in [2.75, 3.05) is 0 Å². The second-order valence-electron chi connectivity index (χ2n) is 6.73. The fourth-order valence-electron chi connectivity index (χ4n) is 3.28. The molecule has 29 heavy (non-hydrogen) atoms. The van der Waals surface area contributed by atoms with Crippen molar-refractivity contribution in [3.05, 3.63) is 89.4 Å². The van der Waals surface area contributed by atoms with Crippen molar-refractivity contribution in [1.29, 1.82) is 0 Å². The number of benzene rings is 2. The van der Waals surface area contributed by atoms with Crippen LogP contribution in [0.4, 0.5) is 4.39 Å². The minimum atomic E-state index is -0.236. The van der Waals surface area contributed by atoms with E-state index in [0.29, 0.717) is 16.3 Å². The molecule has 0 fully saturated rings. The summed E-state index contributed by atoms with van der Waals surface area (Å²) in [6.07, 6.45) is 3.44. The summed E-state index contributed by atoms with van der Waals surface area (Å²) in [5.41, 5.74) is 3.18. The van der Waals surface area contributed by atoms with E-state index in [1.54, 1.807) is 23.0 Å². The van der Waals surface area contributed by atoms with Crippen molar-refractivity contribution >= 4 is 16.3 Å². The Bertz CT molecular complexity index is 1280. The lowest BCUT2D eigenvalue weighted by atomic mass is 9.97. The quantitative estimate of drug-likeness (QED) is 0.415. The molecule has 0 aliphatic heterocycles. The molecule has 3 aromatic heterocycles. The van der Waals surface area contributed by atoms with Crippen molar-refractivity contribution < 1.29 is 4.39 Å². The van der Waals surface area contributed by atoms with E-state index >= 15 is 0 Å². The molecule has 0 N–H and O–H groups in total. The second-order valence-corrected chi connectivity index (χ2v) is 7.71. The molecule has 0 saturated heterocycles. The Balaban J connectivity index is 1.49. The molecule has 142 valence electrons. The molecule has 0 spiro atoms. The summed E-state index contributed by atoms with van der Waals surface area (Å²) in [6, 6.07) is 18.7. The van der Waals surface area contributed by atoms with E-state index in [2.05, 4.69) is 15.2 Å². The van der Waals surface area contributed by atoms with E-state index in [-0.39, 0.29) is 11.7 Å². The van der Waals surface area contributed by atoms with Crippen molar-refractivity contribution in [3.8, 4) is 22.5 Å². The molecule has 0 radical (unpaired) electrons. The third kappa shape index (κ3) is 3.19. The van der Waals surface area contributed by atoms with Gasteiger partial charge >= 0.3 is 0 Å². The number of halogens is 1. The normalized spacial score (nSPS) is 12.3. The highest BCUT2D eigenvalue weighted by atomic mass is 32.1. The molecule has 0 amide bonds. The van der Waals surface area contributed by atoms with Gasteiger partial charge in [-0.2, -0.15) is 9.61 Å². The van der Waals surface area contributed by atoms with E-state index in [9.17, 15) is 4.39 Å². The Kier molecular flexibility index (Phi) is 4.37. The van der Waals surface area contributed by atoms with Crippen molar-refractivity contribution in [2.24, 2.45) is 0 Å². The molecule has 0 aliphatic carbocycles. The maximum atomic E-state index is 14.8. The van der Waals surface area contributed by atoms with Crippen LogP contribution in [-0.4, -0.2) is 24.8 Å². The number of rotatable bonds is 4. The van der Waals surface area contributed by atoms with E-state index in [1.807, 2.05) is 61.5 Å². The van der Waals surface area contributed by atoms with Crippen LogP contribution in [0.2, 0.25) is 0 Å². The van der Waals surface area contributed by atoms with Gasteiger partial charge < -0.3 is 0 Å². The van der Waals surface area contributed by atoms with Crippen LogP contribution in [0, 0.1) is 5.82 Å². The lowest BCUT2D eigenvalue weighted by molar-refractivity contribution is 0.627. The second kappa shape index (κ2) is 7.18. The number of hydrogen-bond donors (Lipinski definition) is 0. The molecule has 0 saturated carbocycles. The monoisotopic (exact) mass is 401 g/mol. The summed E-state index contributed by atoms with van der Waals surface area (Å²) in [4.78, 5) is 4.83. The smallest absolute Gasteiger partial charge is 0.234 e. The van der Waals surface area contributed by atoms with Crippen LogP contribution in [0.3, 0.4) is 0 Å². The third-order valence-corrected chi connectivity index (χ3v) is 5.96. The summed E-state index contributed by atoms with van der Waals surface area (Å²) >= 11 is 1.46. The van der Waals surface area contributed by atoms with Gasteiger partial charge in [-0.15, -0.1) is 10.2 Å².